The van der Waals surface area contributed by atoms with Gasteiger partial charge in [0.1, 0.15) is 5.02 Å². The number of hydrogen-bond acceptors (Lipinski definition) is 3. The molecule has 0 unspecified atom stereocenters. The van der Waals surface area contributed by atoms with E-state index in [0.717, 1.165) is 30.6 Å². The molecule has 0 aromatic heterocycles. The summed E-state index contributed by atoms with van der Waals surface area (Å²) in [5.74, 6) is 0.610. The summed E-state index contributed by atoms with van der Waals surface area (Å²) < 4.78 is 0. The third-order valence-electron chi connectivity index (χ3n) is 3.23. The number of halogens is 1. The number of nitro benzene ring substituents is 1. The van der Waals surface area contributed by atoms with Crippen LogP contribution in [-0.2, 0) is 0 Å². The van der Waals surface area contributed by atoms with Crippen molar-refractivity contribution in [2.24, 2.45) is 5.92 Å². The molecular formula is C13H19ClN2O2. The maximum absolute atomic E-state index is 10.7. The highest BCUT2D eigenvalue weighted by atomic mass is 35.5. The fraction of sp³-hybridized carbons (Fsp3) is 0.538. The molecule has 0 atom stereocenters. The minimum absolute atomic E-state index is 0.0396. The van der Waals surface area contributed by atoms with Gasteiger partial charge >= 0.3 is 0 Å². The Morgan fingerprint density at radius 3 is 2.50 bits per heavy atom. The smallest absolute Gasteiger partial charge is 0.288 e. The summed E-state index contributed by atoms with van der Waals surface area (Å²) in [5, 5.41) is 14.2. The van der Waals surface area contributed by atoms with Gasteiger partial charge in [-0.25, -0.2) is 0 Å². The second kappa shape index (κ2) is 6.59. The molecule has 0 saturated heterocycles. The van der Waals surface area contributed by atoms with Crippen molar-refractivity contribution in [3.63, 3.8) is 0 Å². The Hall–Kier alpha value is -1.29. The highest BCUT2D eigenvalue weighted by Gasteiger charge is 2.15. The Labute approximate surface area is 112 Å². The van der Waals surface area contributed by atoms with Crippen molar-refractivity contribution in [1.82, 2.24) is 0 Å². The Bertz CT molecular complexity index is 431. The largest absolute Gasteiger partial charge is 0.385 e. The lowest BCUT2D eigenvalue weighted by atomic mass is 10.0. The van der Waals surface area contributed by atoms with Gasteiger partial charge < -0.3 is 5.32 Å². The zero-order valence-corrected chi connectivity index (χ0v) is 11.8. The molecule has 0 saturated carbocycles. The number of anilines is 1. The van der Waals surface area contributed by atoms with Crippen molar-refractivity contribution in [1.29, 1.82) is 0 Å². The standard InChI is InChI=1S/C13H19ClN2O2/c1-4-10(5-2)8-15-12-7-11(14)13(16(17)18)6-9(12)3/h6-7,10,15H,4-5,8H2,1-3H3. The monoisotopic (exact) mass is 270 g/mol. The van der Waals surface area contributed by atoms with Crippen molar-refractivity contribution in [2.45, 2.75) is 33.6 Å². The Balaban J connectivity index is 2.85. The summed E-state index contributed by atoms with van der Waals surface area (Å²) in [6, 6.07) is 3.15. The molecule has 0 radical (unpaired) electrons. The van der Waals surface area contributed by atoms with Gasteiger partial charge in [-0.1, -0.05) is 38.3 Å². The lowest BCUT2D eigenvalue weighted by molar-refractivity contribution is -0.384. The van der Waals surface area contributed by atoms with Crippen LogP contribution in [0.3, 0.4) is 0 Å². The molecule has 0 spiro atoms. The van der Waals surface area contributed by atoms with Crippen LogP contribution in [-0.4, -0.2) is 11.5 Å². The maximum atomic E-state index is 10.7. The fourth-order valence-electron chi connectivity index (χ4n) is 1.83. The van der Waals surface area contributed by atoms with Gasteiger partial charge in [0.15, 0.2) is 0 Å². The first-order valence-electron chi connectivity index (χ1n) is 6.17. The molecule has 0 bridgehead atoms. The number of nitro groups is 1. The second-order valence-electron chi connectivity index (χ2n) is 4.44. The summed E-state index contributed by atoms with van der Waals surface area (Å²) in [6.45, 7) is 7.03. The number of aryl methyl sites for hydroxylation is 1. The first-order chi connectivity index (χ1) is 8.49. The molecule has 0 aliphatic rings. The first-order valence-corrected chi connectivity index (χ1v) is 6.55. The minimum Gasteiger partial charge on any atom is -0.385 e. The maximum Gasteiger partial charge on any atom is 0.288 e. The quantitative estimate of drug-likeness (QED) is 0.615. The van der Waals surface area contributed by atoms with Crippen LogP contribution in [0, 0.1) is 23.0 Å². The topological polar surface area (TPSA) is 55.2 Å². The summed E-state index contributed by atoms with van der Waals surface area (Å²) >= 11 is 5.90. The second-order valence-corrected chi connectivity index (χ2v) is 4.85. The van der Waals surface area contributed by atoms with Gasteiger partial charge in [-0.2, -0.15) is 0 Å². The zero-order valence-electron chi connectivity index (χ0n) is 11.0. The Kier molecular flexibility index (Phi) is 5.41. The van der Waals surface area contributed by atoms with Crippen LogP contribution >= 0.6 is 11.6 Å². The van der Waals surface area contributed by atoms with Gasteiger partial charge in [0, 0.05) is 18.3 Å². The third-order valence-corrected chi connectivity index (χ3v) is 3.53. The molecule has 0 aliphatic carbocycles. The van der Waals surface area contributed by atoms with E-state index in [9.17, 15) is 10.1 Å². The van der Waals surface area contributed by atoms with E-state index in [2.05, 4.69) is 19.2 Å². The van der Waals surface area contributed by atoms with E-state index in [1.165, 1.54) is 6.07 Å². The first kappa shape index (κ1) is 14.8. The number of benzene rings is 1. The van der Waals surface area contributed by atoms with E-state index < -0.39 is 4.92 Å². The molecule has 0 amide bonds. The number of rotatable bonds is 6. The van der Waals surface area contributed by atoms with Gasteiger partial charge in [-0.15, -0.1) is 0 Å². The van der Waals surface area contributed by atoms with Crippen LogP contribution in [0.15, 0.2) is 12.1 Å². The molecule has 1 N–H and O–H groups in total. The van der Waals surface area contributed by atoms with E-state index >= 15 is 0 Å². The molecule has 4 nitrogen and oxygen atoms in total. The molecule has 1 rings (SSSR count). The average Bonchev–Trinajstić information content (AvgIpc) is 2.33. The van der Waals surface area contributed by atoms with E-state index in [0.29, 0.717) is 5.92 Å². The van der Waals surface area contributed by atoms with Crippen LogP contribution < -0.4 is 5.32 Å². The number of nitrogens with one attached hydrogen (secondary N) is 1. The molecule has 18 heavy (non-hydrogen) atoms. The zero-order chi connectivity index (χ0) is 13.7. The van der Waals surface area contributed by atoms with Crippen LogP contribution in [0.4, 0.5) is 11.4 Å². The van der Waals surface area contributed by atoms with Gasteiger partial charge in [-0.05, 0) is 24.5 Å². The van der Waals surface area contributed by atoms with Crippen molar-refractivity contribution in [2.75, 3.05) is 11.9 Å². The molecular weight excluding hydrogens is 252 g/mol. The average molecular weight is 271 g/mol. The lowest BCUT2D eigenvalue weighted by Crippen LogP contribution is -2.13. The number of hydrogen-bond donors (Lipinski definition) is 1. The van der Waals surface area contributed by atoms with Gasteiger partial charge in [0.2, 0.25) is 0 Å². The van der Waals surface area contributed by atoms with Gasteiger partial charge in [0.05, 0.1) is 4.92 Å². The lowest BCUT2D eigenvalue weighted by Gasteiger charge is -2.16. The predicted octanol–water partition coefficient (Wildman–Crippen LogP) is 4.40. The van der Waals surface area contributed by atoms with E-state index in [4.69, 9.17) is 11.6 Å². The minimum atomic E-state index is -0.458. The van der Waals surface area contributed by atoms with Crippen molar-refractivity contribution >= 4 is 23.0 Å². The highest BCUT2D eigenvalue weighted by molar-refractivity contribution is 6.33. The molecule has 1 aromatic rings. The predicted molar refractivity (Wildman–Crippen MR) is 75.4 cm³/mol. The van der Waals surface area contributed by atoms with Gasteiger partial charge in [-0.3, -0.25) is 10.1 Å². The number of nitrogens with zero attached hydrogens (tertiary/aromatic N) is 1. The Morgan fingerprint density at radius 1 is 1.39 bits per heavy atom. The normalized spacial score (nSPS) is 10.7. The molecule has 100 valence electrons. The van der Waals surface area contributed by atoms with Crippen LogP contribution in [0.1, 0.15) is 32.3 Å². The Morgan fingerprint density at radius 2 is 2.00 bits per heavy atom. The van der Waals surface area contributed by atoms with Crippen molar-refractivity contribution in [3.8, 4) is 0 Å². The van der Waals surface area contributed by atoms with E-state index in [-0.39, 0.29) is 10.7 Å². The molecule has 1 aromatic carbocycles. The molecule has 0 heterocycles. The van der Waals surface area contributed by atoms with E-state index in [1.54, 1.807) is 6.07 Å². The van der Waals surface area contributed by atoms with Crippen molar-refractivity contribution in [3.05, 3.63) is 32.8 Å². The summed E-state index contributed by atoms with van der Waals surface area (Å²) in [4.78, 5) is 10.3. The molecule has 0 aliphatic heterocycles. The SMILES string of the molecule is CCC(CC)CNc1cc(Cl)c([N+](=O)[O-])cc1C. The third kappa shape index (κ3) is 3.60. The highest BCUT2D eigenvalue weighted by Crippen LogP contribution is 2.30. The van der Waals surface area contributed by atoms with E-state index in [1.807, 2.05) is 6.92 Å². The molecule has 0 fully saturated rings. The van der Waals surface area contributed by atoms with Crippen molar-refractivity contribution < 1.29 is 4.92 Å². The fourth-order valence-corrected chi connectivity index (χ4v) is 2.06. The summed E-state index contributed by atoms with van der Waals surface area (Å²) in [7, 11) is 0. The summed E-state index contributed by atoms with van der Waals surface area (Å²) in [5.41, 5.74) is 1.68. The molecule has 5 heteroatoms. The van der Waals surface area contributed by atoms with Crippen LogP contribution in [0.2, 0.25) is 5.02 Å². The summed E-state index contributed by atoms with van der Waals surface area (Å²) in [6.07, 6.45) is 2.23. The van der Waals surface area contributed by atoms with Gasteiger partial charge in [0.25, 0.3) is 5.69 Å². The van der Waals surface area contributed by atoms with Crippen LogP contribution in [0.5, 0.6) is 0 Å². The van der Waals surface area contributed by atoms with Crippen LogP contribution in [0.25, 0.3) is 0 Å².